The van der Waals surface area contributed by atoms with E-state index in [0.717, 1.165) is 16.3 Å². The molecule has 2 amide bonds. The summed E-state index contributed by atoms with van der Waals surface area (Å²) in [7, 11) is 0. The SMILES string of the molecule is CCOC(=O)C1=C(C)NC(=O)N[C@@H]1c1cccc2ccccc12. The quantitative estimate of drug-likeness (QED) is 0.856. The van der Waals surface area contributed by atoms with Crippen LogP contribution in [0.5, 0.6) is 0 Å². The molecule has 0 bridgehead atoms. The van der Waals surface area contributed by atoms with E-state index in [-0.39, 0.29) is 12.6 Å². The number of rotatable bonds is 3. The van der Waals surface area contributed by atoms with Gasteiger partial charge >= 0.3 is 12.0 Å². The van der Waals surface area contributed by atoms with Crippen molar-refractivity contribution in [3.05, 3.63) is 59.3 Å². The monoisotopic (exact) mass is 310 g/mol. The van der Waals surface area contributed by atoms with E-state index in [0.29, 0.717) is 11.3 Å². The highest BCUT2D eigenvalue weighted by atomic mass is 16.5. The van der Waals surface area contributed by atoms with Crippen LogP contribution in [0.4, 0.5) is 4.79 Å². The summed E-state index contributed by atoms with van der Waals surface area (Å²) in [6.45, 7) is 3.75. The average Bonchev–Trinajstić information content (AvgIpc) is 2.53. The highest BCUT2D eigenvalue weighted by Gasteiger charge is 2.32. The van der Waals surface area contributed by atoms with Crippen molar-refractivity contribution < 1.29 is 14.3 Å². The number of nitrogens with one attached hydrogen (secondary N) is 2. The summed E-state index contributed by atoms with van der Waals surface area (Å²) >= 11 is 0. The zero-order valence-electron chi connectivity index (χ0n) is 13.1. The molecule has 0 unspecified atom stereocenters. The fourth-order valence-electron chi connectivity index (χ4n) is 2.91. The van der Waals surface area contributed by atoms with Crippen LogP contribution in [0, 0.1) is 0 Å². The molecule has 0 aliphatic carbocycles. The smallest absolute Gasteiger partial charge is 0.338 e. The first kappa shape index (κ1) is 15.1. The van der Waals surface area contributed by atoms with Crippen LogP contribution in [0.1, 0.15) is 25.5 Å². The van der Waals surface area contributed by atoms with Gasteiger partial charge in [-0.1, -0.05) is 42.5 Å². The lowest BCUT2D eigenvalue weighted by Gasteiger charge is -2.28. The lowest BCUT2D eigenvalue weighted by molar-refractivity contribution is -0.139. The van der Waals surface area contributed by atoms with E-state index in [4.69, 9.17) is 4.74 Å². The number of carbonyl (C=O) groups excluding carboxylic acids is 2. The molecule has 0 saturated heterocycles. The third kappa shape index (κ3) is 2.77. The Morgan fingerprint density at radius 1 is 1.17 bits per heavy atom. The van der Waals surface area contributed by atoms with Crippen LogP contribution < -0.4 is 10.6 Å². The first-order chi connectivity index (χ1) is 11.1. The summed E-state index contributed by atoms with van der Waals surface area (Å²) in [6, 6.07) is 12.9. The lowest BCUT2D eigenvalue weighted by Crippen LogP contribution is -2.45. The summed E-state index contributed by atoms with van der Waals surface area (Å²) in [4.78, 5) is 24.3. The van der Waals surface area contributed by atoms with Crippen molar-refractivity contribution >= 4 is 22.8 Å². The van der Waals surface area contributed by atoms with Crippen LogP contribution in [0.2, 0.25) is 0 Å². The molecule has 2 aromatic carbocycles. The van der Waals surface area contributed by atoms with E-state index < -0.39 is 12.0 Å². The van der Waals surface area contributed by atoms with Gasteiger partial charge in [-0.15, -0.1) is 0 Å². The Kier molecular flexibility index (Phi) is 4.02. The van der Waals surface area contributed by atoms with Crippen LogP contribution in [0.25, 0.3) is 10.8 Å². The molecule has 0 spiro atoms. The molecule has 1 aliphatic heterocycles. The normalized spacial score (nSPS) is 17.7. The predicted molar refractivity (Wildman–Crippen MR) is 87.7 cm³/mol. The molecular formula is C18H18N2O3. The van der Waals surface area contributed by atoms with Gasteiger partial charge in [0.25, 0.3) is 0 Å². The van der Waals surface area contributed by atoms with Crippen LogP contribution in [0.15, 0.2) is 53.7 Å². The number of hydrogen-bond acceptors (Lipinski definition) is 3. The van der Waals surface area contributed by atoms with Gasteiger partial charge in [0.05, 0.1) is 18.2 Å². The molecule has 1 heterocycles. The third-order valence-electron chi connectivity index (χ3n) is 3.90. The molecule has 5 nitrogen and oxygen atoms in total. The van der Waals surface area contributed by atoms with E-state index in [1.165, 1.54) is 0 Å². The van der Waals surface area contributed by atoms with Gasteiger partial charge in [-0.3, -0.25) is 0 Å². The largest absolute Gasteiger partial charge is 0.463 e. The Hall–Kier alpha value is -2.82. The number of ether oxygens (including phenoxy) is 1. The molecule has 0 saturated carbocycles. The van der Waals surface area contributed by atoms with E-state index in [9.17, 15) is 9.59 Å². The van der Waals surface area contributed by atoms with Crippen molar-refractivity contribution in [1.29, 1.82) is 0 Å². The Morgan fingerprint density at radius 3 is 2.70 bits per heavy atom. The number of benzene rings is 2. The number of esters is 1. The number of carbonyl (C=O) groups is 2. The summed E-state index contributed by atoms with van der Waals surface area (Å²) in [6.07, 6.45) is 0. The van der Waals surface area contributed by atoms with Crippen molar-refractivity contribution in [3.8, 4) is 0 Å². The van der Waals surface area contributed by atoms with Gasteiger partial charge in [0.2, 0.25) is 0 Å². The van der Waals surface area contributed by atoms with E-state index in [2.05, 4.69) is 10.6 Å². The van der Waals surface area contributed by atoms with Crippen molar-refractivity contribution in [2.75, 3.05) is 6.61 Å². The average molecular weight is 310 g/mol. The van der Waals surface area contributed by atoms with Gasteiger partial charge in [0.1, 0.15) is 0 Å². The van der Waals surface area contributed by atoms with E-state index in [1.54, 1.807) is 13.8 Å². The fourth-order valence-corrected chi connectivity index (χ4v) is 2.91. The minimum Gasteiger partial charge on any atom is -0.463 e. The summed E-state index contributed by atoms with van der Waals surface area (Å²) < 4.78 is 5.16. The third-order valence-corrected chi connectivity index (χ3v) is 3.90. The maximum absolute atomic E-state index is 12.4. The number of hydrogen-bond donors (Lipinski definition) is 2. The number of amides is 2. The zero-order chi connectivity index (χ0) is 16.4. The number of allylic oxidation sites excluding steroid dienone is 1. The highest BCUT2D eigenvalue weighted by molar-refractivity contribution is 5.97. The molecule has 0 fully saturated rings. The topological polar surface area (TPSA) is 67.4 Å². The first-order valence-corrected chi connectivity index (χ1v) is 7.55. The second kappa shape index (κ2) is 6.12. The van der Waals surface area contributed by atoms with Crippen molar-refractivity contribution in [2.24, 2.45) is 0 Å². The molecule has 2 aromatic rings. The van der Waals surface area contributed by atoms with Crippen LogP contribution in [-0.2, 0) is 9.53 Å². The van der Waals surface area contributed by atoms with Gasteiger partial charge in [-0.25, -0.2) is 9.59 Å². The molecular weight excluding hydrogens is 292 g/mol. The Morgan fingerprint density at radius 2 is 1.91 bits per heavy atom. The van der Waals surface area contributed by atoms with Crippen LogP contribution in [-0.4, -0.2) is 18.6 Å². The van der Waals surface area contributed by atoms with Gasteiger partial charge < -0.3 is 15.4 Å². The summed E-state index contributed by atoms with van der Waals surface area (Å²) in [5, 5.41) is 7.53. The second-order valence-electron chi connectivity index (χ2n) is 5.36. The van der Waals surface area contributed by atoms with Crippen molar-refractivity contribution in [3.63, 3.8) is 0 Å². The Balaban J connectivity index is 2.16. The minimum atomic E-state index is -0.533. The Bertz CT molecular complexity index is 806. The van der Waals surface area contributed by atoms with Gasteiger partial charge in [0.15, 0.2) is 0 Å². The van der Waals surface area contributed by atoms with Gasteiger partial charge in [0, 0.05) is 5.70 Å². The van der Waals surface area contributed by atoms with E-state index >= 15 is 0 Å². The van der Waals surface area contributed by atoms with Crippen LogP contribution >= 0.6 is 0 Å². The molecule has 3 rings (SSSR count). The number of fused-ring (bicyclic) bond motifs is 1. The molecule has 1 aliphatic rings. The fraction of sp³-hybridized carbons (Fsp3) is 0.222. The maximum Gasteiger partial charge on any atom is 0.338 e. The van der Waals surface area contributed by atoms with Crippen LogP contribution in [0.3, 0.4) is 0 Å². The zero-order valence-corrected chi connectivity index (χ0v) is 13.1. The summed E-state index contributed by atoms with van der Waals surface area (Å²) in [5.41, 5.74) is 1.83. The molecule has 118 valence electrons. The predicted octanol–water partition coefficient (Wildman–Crippen LogP) is 3.03. The second-order valence-corrected chi connectivity index (χ2v) is 5.36. The first-order valence-electron chi connectivity index (χ1n) is 7.55. The van der Waals surface area contributed by atoms with E-state index in [1.807, 2.05) is 42.5 Å². The molecule has 5 heteroatoms. The number of urea groups is 1. The minimum absolute atomic E-state index is 0.284. The van der Waals surface area contributed by atoms with Gasteiger partial charge in [-0.05, 0) is 30.2 Å². The standard InChI is InChI=1S/C18H18N2O3/c1-3-23-17(21)15-11(2)19-18(22)20-16(15)14-10-6-8-12-7-4-5-9-13(12)14/h4-10,16H,3H2,1-2H3,(H2,19,20,22)/t16-/m1/s1. The van der Waals surface area contributed by atoms with Crippen molar-refractivity contribution in [2.45, 2.75) is 19.9 Å². The highest BCUT2D eigenvalue weighted by Crippen LogP contribution is 2.32. The Labute approximate surface area is 134 Å². The molecule has 0 radical (unpaired) electrons. The summed E-state index contributed by atoms with van der Waals surface area (Å²) in [5.74, 6) is -0.421. The van der Waals surface area contributed by atoms with Crippen molar-refractivity contribution in [1.82, 2.24) is 10.6 Å². The molecule has 2 N–H and O–H groups in total. The molecule has 23 heavy (non-hydrogen) atoms. The maximum atomic E-state index is 12.4. The molecule has 1 atom stereocenters. The van der Waals surface area contributed by atoms with Gasteiger partial charge in [-0.2, -0.15) is 0 Å². The molecule has 0 aromatic heterocycles. The lowest BCUT2D eigenvalue weighted by atomic mass is 9.91.